The summed E-state index contributed by atoms with van der Waals surface area (Å²) in [5.41, 5.74) is 2.55. The van der Waals surface area contributed by atoms with E-state index < -0.39 is 5.25 Å². The molecular weight excluding hydrogens is 500 g/mol. The van der Waals surface area contributed by atoms with E-state index in [2.05, 4.69) is 6.92 Å². The maximum atomic E-state index is 13.8. The molecule has 0 fully saturated rings. The van der Waals surface area contributed by atoms with Crippen LogP contribution in [0.3, 0.4) is 0 Å². The molecule has 1 aliphatic rings. The summed E-state index contributed by atoms with van der Waals surface area (Å²) in [6, 6.07) is 16.8. The van der Waals surface area contributed by atoms with Crippen molar-refractivity contribution in [2.75, 3.05) is 0 Å². The van der Waals surface area contributed by atoms with Crippen molar-refractivity contribution < 1.29 is 9.53 Å². The van der Waals surface area contributed by atoms with Crippen LogP contribution in [0.5, 0.6) is 0 Å². The highest BCUT2D eigenvalue weighted by molar-refractivity contribution is 8.00. The van der Waals surface area contributed by atoms with Gasteiger partial charge < -0.3 is 4.74 Å². The Hall–Kier alpha value is -2.61. The van der Waals surface area contributed by atoms with Crippen molar-refractivity contribution in [2.45, 2.75) is 50.1 Å². The molecule has 35 heavy (non-hydrogen) atoms. The fraction of sp³-hybridized carbons (Fsp3) is 0.296. The normalized spacial score (nSPS) is 16.1. The van der Waals surface area contributed by atoms with E-state index >= 15 is 0 Å². The molecule has 0 saturated carbocycles. The second-order valence-corrected chi connectivity index (χ2v) is 11.7. The van der Waals surface area contributed by atoms with E-state index in [4.69, 9.17) is 21.3 Å². The number of benzene rings is 2. The Morgan fingerprint density at radius 2 is 1.97 bits per heavy atom. The van der Waals surface area contributed by atoms with Crippen molar-refractivity contribution in [3.05, 3.63) is 86.0 Å². The van der Waals surface area contributed by atoms with Gasteiger partial charge in [0.15, 0.2) is 5.16 Å². The van der Waals surface area contributed by atoms with E-state index in [-0.39, 0.29) is 18.1 Å². The molecule has 0 N–H and O–H groups in total. The number of thioether (sulfide) groups is 1. The predicted molar refractivity (Wildman–Crippen MR) is 143 cm³/mol. The quantitative estimate of drug-likeness (QED) is 0.165. The number of para-hydroxylation sites is 1. The number of thiophene rings is 1. The van der Waals surface area contributed by atoms with Crippen molar-refractivity contribution >= 4 is 50.9 Å². The maximum absolute atomic E-state index is 13.8. The summed E-state index contributed by atoms with van der Waals surface area (Å²) >= 11 is 9.04. The molecule has 2 unspecified atom stereocenters. The lowest BCUT2D eigenvalue weighted by atomic mass is 9.89. The van der Waals surface area contributed by atoms with Gasteiger partial charge in [-0.3, -0.25) is 14.2 Å². The molecule has 0 aliphatic heterocycles. The van der Waals surface area contributed by atoms with Gasteiger partial charge in [0, 0.05) is 15.5 Å². The van der Waals surface area contributed by atoms with Crippen LogP contribution in [0.1, 0.15) is 36.3 Å². The molecule has 0 saturated heterocycles. The Bertz CT molecular complexity index is 1450. The molecule has 0 radical (unpaired) electrons. The van der Waals surface area contributed by atoms with Crippen molar-refractivity contribution in [1.82, 2.24) is 9.55 Å². The van der Waals surface area contributed by atoms with Gasteiger partial charge >= 0.3 is 5.97 Å². The number of rotatable bonds is 6. The first kappa shape index (κ1) is 24.1. The Morgan fingerprint density at radius 1 is 1.23 bits per heavy atom. The van der Waals surface area contributed by atoms with E-state index in [0.717, 1.165) is 46.3 Å². The van der Waals surface area contributed by atoms with Crippen molar-refractivity contribution in [3.8, 4) is 5.69 Å². The third kappa shape index (κ3) is 4.90. The highest BCUT2D eigenvalue weighted by Crippen LogP contribution is 2.37. The van der Waals surface area contributed by atoms with Crippen LogP contribution in [0.25, 0.3) is 15.9 Å². The Kier molecular flexibility index (Phi) is 7.00. The van der Waals surface area contributed by atoms with Gasteiger partial charge in [0.2, 0.25) is 0 Å². The summed E-state index contributed by atoms with van der Waals surface area (Å²) in [4.78, 5) is 33.6. The van der Waals surface area contributed by atoms with E-state index in [9.17, 15) is 9.59 Å². The number of carbonyl (C=O) groups is 1. The molecule has 0 amide bonds. The van der Waals surface area contributed by atoms with E-state index in [1.165, 1.54) is 16.6 Å². The van der Waals surface area contributed by atoms with Crippen LogP contribution in [0.15, 0.2) is 64.5 Å². The van der Waals surface area contributed by atoms with Gasteiger partial charge in [-0.15, -0.1) is 11.3 Å². The zero-order valence-corrected chi connectivity index (χ0v) is 21.9. The van der Waals surface area contributed by atoms with Crippen molar-refractivity contribution in [3.63, 3.8) is 0 Å². The average molecular weight is 525 g/mol. The second kappa shape index (κ2) is 10.2. The first-order valence-corrected chi connectivity index (χ1v) is 13.7. The number of aryl methyl sites for hydroxylation is 1. The molecule has 180 valence electrons. The van der Waals surface area contributed by atoms with Crippen LogP contribution in [0.2, 0.25) is 5.02 Å². The molecular formula is C27H25ClN2O3S2. The third-order valence-electron chi connectivity index (χ3n) is 6.25. The molecule has 2 aromatic carbocycles. The van der Waals surface area contributed by atoms with Gasteiger partial charge in [-0.25, -0.2) is 4.98 Å². The molecule has 8 heteroatoms. The van der Waals surface area contributed by atoms with Crippen molar-refractivity contribution in [1.29, 1.82) is 0 Å². The Morgan fingerprint density at radius 3 is 2.74 bits per heavy atom. The number of fused-ring (bicyclic) bond motifs is 3. The van der Waals surface area contributed by atoms with E-state index in [1.54, 1.807) is 28.9 Å². The lowest BCUT2D eigenvalue weighted by molar-refractivity contribution is -0.143. The summed E-state index contributed by atoms with van der Waals surface area (Å²) in [6.45, 7) is 4.11. The lowest BCUT2D eigenvalue weighted by Crippen LogP contribution is -2.24. The topological polar surface area (TPSA) is 61.2 Å². The Labute approximate surface area is 217 Å². The zero-order chi connectivity index (χ0) is 24.5. The third-order valence-corrected chi connectivity index (χ3v) is 8.80. The molecule has 5 nitrogen and oxygen atoms in total. The fourth-order valence-electron chi connectivity index (χ4n) is 4.34. The van der Waals surface area contributed by atoms with Gasteiger partial charge in [0.1, 0.15) is 16.7 Å². The number of hydrogen-bond donors (Lipinski definition) is 0. The molecule has 1 aliphatic carbocycles. The molecule has 0 bridgehead atoms. The summed E-state index contributed by atoms with van der Waals surface area (Å²) in [5.74, 6) is 0.219. The van der Waals surface area contributed by atoms with Crippen LogP contribution in [0.4, 0.5) is 0 Å². The zero-order valence-electron chi connectivity index (χ0n) is 19.5. The van der Waals surface area contributed by atoms with Gasteiger partial charge in [-0.1, -0.05) is 66.7 Å². The first-order chi connectivity index (χ1) is 16.9. The number of nitrogens with zero attached hydrogens (tertiary/aromatic N) is 2. The van der Waals surface area contributed by atoms with Crippen LogP contribution in [-0.2, 0) is 29.0 Å². The number of halogens is 1. The summed E-state index contributed by atoms with van der Waals surface area (Å²) in [6.07, 6.45) is 2.96. The number of ether oxygens (including phenoxy) is 1. The van der Waals surface area contributed by atoms with E-state index in [1.807, 2.05) is 48.5 Å². The summed E-state index contributed by atoms with van der Waals surface area (Å²) in [7, 11) is 0. The maximum Gasteiger partial charge on any atom is 0.319 e. The average Bonchev–Trinajstić information content (AvgIpc) is 3.21. The highest BCUT2D eigenvalue weighted by Gasteiger charge is 2.27. The van der Waals surface area contributed by atoms with Gasteiger partial charge in [0.25, 0.3) is 5.56 Å². The monoisotopic (exact) mass is 524 g/mol. The minimum atomic E-state index is -0.564. The van der Waals surface area contributed by atoms with Gasteiger partial charge in [-0.05, 0) is 55.9 Å². The second-order valence-electron chi connectivity index (χ2n) is 8.86. The number of carbonyl (C=O) groups excluding carboxylic acids is 1. The smallest absolute Gasteiger partial charge is 0.319 e. The van der Waals surface area contributed by atoms with Gasteiger partial charge in [-0.2, -0.15) is 0 Å². The standard InChI is InChI=1S/C27H25ClN2O3S2/c1-16-12-13-20-22(14-16)35-24-23(20)25(31)30(19-9-4-3-5-10-19)27(29-24)34-17(2)26(32)33-15-18-8-6-7-11-21(18)28/h3-11,16-17H,12-15H2,1-2H3. The fourth-order valence-corrected chi connectivity index (χ4v) is 6.88. The lowest BCUT2D eigenvalue weighted by Gasteiger charge is -2.18. The number of hydrogen-bond acceptors (Lipinski definition) is 6. The van der Waals surface area contributed by atoms with Crippen molar-refractivity contribution in [2.24, 2.45) is 5.92 Å². The first-order valence-electron chi connectivity index (χ1n) is 11.6. The Balaban J connectivity index is 1.49. The molecule has 0 spiro atoms. The number of aromatic nitrogens is 2. The SMILES string of the molecule is CC1CCc2c(sc3nc(SC(C)C(=O)OCc4ccccc4Cl)n(-c4ccccc4)c(=O)c23)C1. The number of esters is 1. The minimum Gasteiger partial charge on any atom is -0.460 e. The molecule has 2 aromatic heterocycles. The summed E-state index contributed by atoms with van der Waals surface area (Å²) < 4.78 is 7.16. The minimum absolute atomic E-state index is 0.0765. The molecule has 2 heterocycles. The molecule has 4 aromatic rings. The van der Waals surface area contributed by atoms with Crippen LogP contribution >= 0.6 is 34.7 Å². The van der Waals surface area contributed by atoms with Crippen LogP contribution in [-0.4, -0.2) is 20.8 Å². The summed E-state index contributed by atoms with van der Waals surface area (Å²) in [5, 5.41) is 1.20. The highest BCUT2D eigenvalue weighted by atomic mass is 35.5. The molecule has 2 atom stereocenters. The largest absolute Gasteiger partial charge is 0.460 e. The van der Waals surface area contributed by atoms with Crippen LogP contribution < -0.4 is 5.56 Å². The van der Waals surface area contributed by atoms with E-state index in [0.29, 0.717) is 16.1 Å². The van der Waals surface area contributed by atoms with Crippen LogP contribution in [0, 0.1) is 5.92 Å². The van der Waals surface area contributed by atoms with Gasteiger partial charge in [0.05, 0.1) is 11.1 Å². The molecule has 5 rings (SSSR count). The predicted octanol–water partition coefficient (Wildman–Crippen LogP) is 6.45.